The molecule has 1 unspecified atom stereocenters. The molecule has 0 bridgehead atoms. The van der Waals surface area contributed by atoms with Gasteiger partial charge in [-0.25, -0.2) is 12.7 Å². The number of sulfonamides is 1. The zero-order valence-corrected chi connectivity index (χ0v) is 17.0. The highest BCUT2D eigenvalue weighted by Crippen LogP contribution is 2.16. The van der Waals surface area contributed by atoms with E-state index in [9.17, 15) is 8.42 Å². The number of likely N-dealkylation sites (tertiary alicyclic amines) is 1. The van der Waals surface area contributed by atoms with Crippen LogP contribution in [0.2, 0.25) is 0 Å². The van der Waals surface area contributed by atoms with Crippen molar-refractivity contribution in [3.63, 3.8) is 0 Å². The quantitative estimate of drug-likeness (QED) is 0.546. The van der Waals surface area contributed by atoms with Crippen molar-refractivity contribution in [3.8, 4) is 0 Å². The SMILES string of the molecule is CCN1CCCC1CNC(=NC)NCc1ccc(S(=O)(=O)N(C)C)cc1. The van der Waals surface area contributed by atoms with Gasteiger partial charge in [-0.3, -0.25) is 9.89 Å². The maximum Gasteiger partial charge on any atom is 0.242 e. The molecule has 1 aliphatic heterocycles. The summed E-state index contributed by atoms with van der Waals surface area (Å²) < 4.78 is 25.4. The first-order valence-electron chi connectivity index (χ1n) is 9.08. The fourth-order valence-corrected chi connectivity index (χ4v) is 4.06. The van der Waals surface area contributed by atoms with Gasteiger partial charge in [-0.1, -0.05) is 19.1 Å². The van der Waals surface area contributed by atoms with E-state index in [2.05, 4.69) is 27.4 Å². The maximum absolute atomic E-state index is 12.1. The van der Waals surface area contributed by atoms with Crippen LogP contribution in [0.1, 0.15) is 25.3 Å². The third kappa shape index (κ3) is 5.18. The van der Waals surface area contributed by atoms with Crippen LogP contribution in [0, 0.1) is 0 Å². The van der Waals surface area contributed by atoms with Gasteiger partial charge in [-0.05, 0) is 43.6 Å². The average molecular weight is 382 g/mol. The minimum absolute atomic E-state index is 0.301. The van der Waals surface area contributed by atoms with E-state index in [0.29, 0.717) is 17.5 Å². The van der Waals surface area contributed by atoms with E-state index in [1.807, 2.05) is 12.1 Å². The van der Waals surface area contributed by atoms with Crippen molar-refractivity contribution < 1.29 is 8.42 Å². The van der Waals surface area contributed by atoms with E-state index in [1.54, 1.807) is 19.2 Å². The third-order valence-corrected chi connectivity index (χ3v) is 6.63. The summed E-state index contributed by atoms with van der Waals surface area (Å²) in [5, 5.41) is 6.68. The van der Waals surface area contributed by atoms with Crippen molar-refractivity contribution in [1.29, 1.82) is 0 Å². The van der Waals surface area contributed by atoms with Crippen LogP contribution < -0.4 is 10.6 Å². The second-order valence-corrected chi connectivity index (χ2v) is 8.81. The summed E-state index contributed by atoms with van der Waals surface area (Å²) in [5.41, 5.74) is 1.00. The van der Waals surface area contributed by atoms with Gasteiger partial charge in [0, 0.05) is 40.3 Å². The normalized spacial score (nSPS) is 19.1. The van der Waals surface area contributed by atoms with Gasteiger partial charge >= 0.3 is 0 Å². The van der Waals surface area contributed by atoms with Crippen molar-refractivity contribution in [2.24, 2.45) is 4.99 Å². The zero-order valence-electron chi connectivity index (χ0n) is 16.2. The summed E-state index contributed by atoms with van der Waals surface area (Å²) in [6.45, 7) is 5.93. The van der Waals surface area contributed by atoms with Gasteiger partial charge in [0.1, 0.15) is 0 Å². The molecule has 0 aromatic heterocycles. The lowest BCUT2D eigenvalue weighted by molar-refractivity contribution is 0.267. The number of hydrogen-bond donors (Lipinski definition) is 2. The van der Waals surface area contributed by atoms with E-state index >= 15 is 0 Å². The van der Waals surface area contributed by atoms with E-state index in [4.69, 9.17) is 0 Å². The summed E-state index contributed by atoms with van der Waals surface area (Å²) >= 11 is 0. The van der Waals surface area contributed by atoms with Crippen molar-refractivity contribution in [3.05, 3.63) is 29.8 Å². The summed E-state index contributed by atoms with van der Waals surface area (Å²) in [5.74, 6) is 0.762. The highest BCUT2D eigenvalue weighted by molar-refractivity contribution is 7.89. The second-order valence-electron chi connectivity index (χ2n) is 6.66. The van der Waals surface area contributed by atoms with Gasteiger partial charge in [-0.2, -0.15) is 0 Å². The Balaban J connectivity index is 1.86. The molecule has 1 aromatic carbocycles. The first kappa shape index (κ1) is 20.7. The fraction of sp³-hybridized carbons (Fsp3) is 0.611. The molecule has 0 aliphatic carbocycles. The minimum atomic E-state index is -3.38. The average Bonchev–Trinajstić information content (AvgIpc) is 3.09. The molecule has 146 valence electrons. The van der Waals surface area contributed by atoms with E-state index in [0.717, 1.165) is 24.6 Å². The van der Waals surface area contributed by atoms with Crippen LogP contribution >= 0.6 is 0 Å². The molecule has 8 heteroatoms. The van der Waals surface area contributed by atoms with Gasteiger partial charge in [0.15, 0.2) is 5.96 Å². The minimum Gasteiger partial charge on any atom is -0.355 e. The molecule has 1 aromatic rings. The predicted octanol–water partition coefficient (Wildman–Crippen LogP) is 1.09. The van der Waals surface area contributed by atoms with Gasteiger partial charge in [-0.15, -0.1) is 0 Å². The number of nitrogens with zero attached hydrogens (tertiary/aromatic N) is 3. The topological polar surface area (TPSA) is 77.0 Å². The van der Waals surface area contributed by atoms with Crippen molar-refractivity contribution >= 4 is 16.0 Å². The van der Waals surface area contributed by atoms with Crippen LogP contribution in [0.3, 0.4) is 0 Å². The number of nitrogens with one attached hydrogen (secondary N) is 2. The highest BCUT2D eigenvalue weighted by Gasteiger charge is 2.22. The summed E-state index contributed by atoms with van der Waals surface area (Å²) in [7, 11) is 1.44. The Morgan fingerprint density at radius 3 is 2.54 bits per heavy atom. The molecule has 2 rings (SSSR count). The van der Waals surface area contributed by atoms with E-state index in [1.165, 1.54) is 37.8 Å². The standard InChI is InChI=1S/C18H31N5O2S/c1-5-23-12-6-7-16(23)14-21-18(19-2)20-13-15-8-10-17(11-9-15)26(24,25)22(3)4/h8-11,16H,5-7,12-14H2,1-4H3,(H2,19,20,21). The van der Waals surface area contributed by atoms with E-state index in [-0.39, 0.29) is 0 Å². The first-order valence-corrected chi connectivity index (χ1v) is 10.5. The highest BCUT2D eigenvalue weighted by atomic mass is 32.2. The summed E-state index contributed by atoms with van der Waals surface area (Å²) in [6.07, 6.45) is 2.48. The van der Waals surface area contributed by atoms with Crippen LogP contribution in [0.25, 0.3) is 0 Å². The Morgan fingerprint density at radius 2 is 1.96 bits per heavy atom. The van der Waals surface area contributed by atoms with Crippen LogP contribution in [0.4, 0.5) is 0 Å². The first-order chi connectivity index (χ1) is 12.4. The van der Waals surface area contributed by atoms with Gasteiger partial charge in [0.05, 0.1) is 4.90 Å². The molecule has 1 aliphatic rings. The molecule has 0 saturated carbocycles. The second kappa shape index (κ2) is 9.34. The lowest BCUT2D eigenvalue weighted by atomic mass is 10.2. The smallest absolute Gasteiger partial charge is 0.242 e. The summed E-state index contributed by atoms with van der Waals surface area (Å²) in [6, 6.07) is 7.49. The Bertz CT molecular complexity index is 701. The monoisotopic (exact) mass is 381 g/mol. The molecule has 1 saturated heterocycles. The number of benzene rings is 1. The lowest BCUT2D eigenvalue weighted by Gasteiger charge is -2.24. The number of rotatable bonds is 7. The summed E-state index contributed by atoms with van der Waals surface area (Å²) in [4.78, 5) is 7.06. The van der Waals surface area contributed by atoms with Crippen molar-refractivity contribution in [1.82, 2.24) is 19.8 Å². The Morgan fingerprint density at radius 1 is 1.27 bits per heavy atom. The lowest BCUT2D eigenvalue weighted by Crippen LogP contribution is -2.44. The van der Waals surface area contributed by atoms with Crippen molar-refractivity contribution in [2.75, 3.05) is 40.8 Å². The number of guanidine groups is 1. The zero-order chi connectivity index (χ0) is 19.2. The molecular weight excluding hydrogens is 350 g/mol. The van der Waals surface area contributed by atoms with Crippen LogP contribution in [-0.4, -0.2) is 70.4 Å². The molecule has 0 radical (unpaired) electrons. The number of hydrogen-bond acceptors (Lipinski definition) is 4. The van der Waals surface area contributed by atoms with Crippen LogP contribution in [0.5, 0.6) is 0 Å². The Hall–Kier alpha value is -1.64. The molecule has 1 fully saturated rings. The predicted molar refractivity (Wildman–Crippen MR) is 106 cm³/mol. The van der Waals surface area contributed by atoms with E-state index < -0.39 is 10.0 Å². The van der Waals surface area contributed by atoms with Gasteiger partial charge in [0.2, 0.25) is 10.0 Å². The number of likely N-dealkylation sites (N-methyl/N-ethyl adjacent to an activating group) is 1. The molecule has 1 atom stereocenters. The van der Waals surface area contributed by atoms with Crippen molar-refractivity contribution in [2.45, 2.75) is 37.2 Å². The largest absolute Gasteiger partial charge is 0.355 e. The third-order valence-electron chi connectivity index (χ3n) is 4.80. The molecule has 26 heavy (non-hydrogen) atoms. The number of aliphatic imine (C=N–C) groups is 1. The molecule has 1 heterocycles. The fourth-order valence-electron chi connectivity index (χ4n) is 3.15. The van der Waals surface area contributed by atoms with Crippen LogP contribution in [-0.2, 0) is 16.6 Å². The molecule has 7 nitrogen and oxygen atoms in total. The molecule has 0 amide bonds. The van der Waals surface area contributed by atoms with Gasteiger partial charge < -0.3 is 10.6 Å². The molecule has 2 N–H and O–H groups in total. The maximum atomic E-state index is 12.1. The van der Waals surface area contributed by atoms with Gasteiger partial charge in [0.25, 0.3) is 0 Å². The Kier molecular flexibility index (Phi) is 7.43. The molecular formula is C18H31N5O2S. The Labute approximate surface area is 157 Å². The van der Waals surface area contributed by atoms with Crippen LogP contribution in [0.15, 0.2) is 34.2 Å². The molecule has 0 spiro atoms.